The van der Waals surface area contributed by atoms with Crippen molar-refractivity contribution in [1.29, 1.82) is 0 Å². The van der Waals surface area contributed by atoms with E-state index in [-0.39, 0.29) is 35.9 Å². The molecule has 0 saturated carbocycles. The molecule has 164 valence electrons. The van der Waals surface area contributed by atoms with E-state index in [9.17, 15) is 9.00 Å². The number of piperidine rings is 1. The second-order valence-electron chi connectivity index (χ2n) is 7.12. The number of rotatable bonds is 5. The molecule has 10 nitrogen and oxygen atoms in total. The summed E-state index contributed by atoms with van der Waals surface area (Å²) in [4.78, 5) is 12.5. The van der Waals surface area contributed by atoms with Crippen LogP contribution in [0.1, 0.15) is 23.2 Å². The molecule has 0 bridgehead atoms. The topological polar surface area (TPSA) is 116 Å². The van der Waals surface area contributed by atoms with Gasteiger partial charge in [0.25, 0.3) is 5.91 Å². The van der Waals surface area contributed by atoms with Crippen LogP contribution in [0.2, 0.25) is 0 Å². The molecule has 1 amide bonds. The number of nitrogens with one attached hydrogen (secondary N) is 1. The second kappa shape index (κ2) is 8.25. The Morgan fingerprint density at radius 3 is 2.55 bits per heavy atom. The molecule has 3 aliphatic rings. The lowest BCUT2D eigenvalue weighted by Gasteiger charge is -2.31. The first-order valence-electron chi connectivity index (χ1n) is 9.74. The number of carbonyl (C=O) groups is 1. The number of hydroxylamine groups is 1. The fourth-order valence-corrected chi connectivity index (χ4v) is 5.13. The van der Waals surface area contributed by atoms with Gasteiger partial charge in [-0.25, -0.2) is 14.0 Å². The van der Waals surface area contributed by atoms with Crippen molar-refractivity contribution >= 4 is 16.9 Å². The molecule has 5 rings (SSSR count). The molecule has 2 aromatic carbocycles. The van der Waals surface area contributed by atoms with E-state index in [4.69, 9.17) is 28.9 Å². The fourth-order valence-electron chi connectivity index (χ4n) is 3.77. The average Bonchev–Trinajstić information content (AvgIpc) is 3.47. The molecule has 1 saturated heterocycles. The third-order valence-corrected chi connectivity index (χ3v) is 6.85. The van der Waals surface area contributed by atoms with Gasteiger partial charge in [-0.2, -0.15) is 0 Å². The van der Waals surface area contributed by atoms with Gasteiger partial charge in [-0.05, 0) is 37.1 Å². The van der Waals surface area contributed by atoms with Gasteiger partial charge < -0.3 is 23.7 Å². The van der Waals surface area contributed by atoms with E-state index in [2.05, 4.69) is 0 Å². The van der Waals surface area contributed by atoms with Crippen molar-refractivity contribution in [2.24, 2.45) is 0 Å². The van der Waals surface area contributed by atoms with E-state index in [0.717, 1.165) is 0 Å². The fraction of sp³-hybridized carbons (Fsp3) is 0.350. The van der Waals surface area contributed by atoms with E-state index in [1.165, 1.54) is 0 Å². The molecular weight excluding hydrogens is 428 g/mol. The highest BCUT2D eigenvalue weighted by molar-refractivity contribution is 7.82. The second-order valence-corrected chi connectivity index (χ2v) is 8.58. The van der Waals surface area contributed by atoms with Gasteiger partial charge in [0.15, 0.2) is 23.0 Å². The van der Waals surface area contributed by atoms with Crippen molar-refractivity contribution in [3.05, 3.63) is 35.9 Å². The predicted octanol–water partition coefficient (Wildman–Crippen LogP) is 1.83. The Bertz CT molecular complexity index is 1040. The number of ether oxygens (including phenoxy) is 5. The van der Waals surface area contributed by atoms with Crippen LogP contribution in [0.25, 0.3) is 0 Å². The smallest absolute Gasteiger partial charge is 0.279 e. The van der Waals surface area contributed by atoms with Crippen LogP contribution in [0.4, 0.5) is 0 Å². The Morgan fingerprint density at radius 1 is 1.03 bits per heavy atom. The van der Waals surface area contributed by atoms with Crippen molar-refractivity contribution in [3.8, 4) is 28.7 Å². The standard InChI is InChI=1S/C20H20N2O8S/c23-20(21-24)18-17(4-3-15-19(18)29-11-27-15)31(25)22-7-5-12(6-8-22)30-13-1-2-14-16(9-13)28-10-26-14/h1-4,9,12,24H,5-8,10-11H2,(H,21,23). The van der Waals surface area contributed by atoms with Crippen LogP contribution < -0.4 is 29.2 Å². The third-order valence-electron chi connectivity index (χ3n) is 5.30. The largest absolute Gasteiger partial charge is 0.490 e. The van der Waals surface area contributed by atoms with Gasteiger partial charge in [-0.3, -0.25) is 10.0 Å². The number of nitrogens with zero attached hydrogens (tertiary/aromatic N) is 1. The zero-order chi connectivity index (χ0) is 21.4. The van der Waals surface area contributed by atoms with Crippen LogP contribution in [0.3, 0.4) is 0 Å². The van der Waals surface area contributed by atoms with Gasteiger partial charge in [0, 0.05) is 19.2 Å². The van der Waals surface area contributed by atoms with Crippen LogP contribution in [-0.4, -0.2) is 52.4 Å². The Balaban J connectivity index is 1.27. The molecule has 31 heavy (non-hydrogen) atoms. The summed E-state index contributed by atoms with van der Waals surface area (Å²) in [6.45, 7) is 1.19. The summed E-state index contributed by atoms with van der Waals surface area (Å²) < 4.78 is 42.4. The normalized spacial score (nSPS) is 18.6. The molecule has 11 heteroatoms. The third kappa shape index (κ3) is 3.75. The van der Waals surface area contributed by atoms with E-state index in [0.29, 0.717) is 48.9 Å². The molecule has 0 spiro atoms. The zero-order valence-corrected chi connectivity index (χ0v) is 17.2. The van der Waals surface area contributed by atoms with Gasteiger partial charge in [0.1, 0.15) is 28.4 Å². The van der Waals surface area contributed by atoms with Crippen molar-refractivity contribution in [1.82, 2.24) is 9.79 Å². The zero-order valence-electron chi connectivity index (χ0n) is 16.4. The Hall–Kier alpha value is -3.02. The molecule has 0 radical (unpaired) electrons. The molecule has 3 heterocycles. The number of hydrogen-bond donors (Lipinski definition) is 2. The molecule has 2 N–H and O–H groups in total. The van der Waals surface area contributed by atoms with E-state index in [1.54, 1.807) is 28.0 Å². The lowest BCUT2D eigenvalue weighted by atomic mass is 10.1. The van der Waals surface area contributed by atoms with Crippen molar-refractivity contribution in [2.75, 3.05) is 26.7 Å². The first-order chi connectivity index (χ1) is 15.1. The summed E-state index contributed by atoms with van der Waals surface area (Å²) in [5.74, 6) is 1.80. The molecule has 1 unspecified atom stereocenters. The SMILES string of the molecule is O=C(NO)c1c(S(=O)N2CCC(Oc3ccc4c(c3)OCO4)CC2)ccc2c1OCO2. The molecule has 2 aromatic rings. The van der Waals surface area contributed by atoms with Crippen LogP contribution in [-0.2, 0) is 11.0 Å². The number of amides is 1. The summed E-state index contributed by atoms with van der Waals surface area (Å²) >= 11 is 0. The highest BCUT2D eigenvalue weighted by atomic mass is 32.2. The quantitative estimate of drug-likeness (QED) is 0.526. The monoisotopic (exact) mass is 448 g/mol. The summed E-state index contributed by atoms with van der Waals surface area (Å²) in [5.41, 5.74) is 1.60. The van der Waals surface area contributed by atoms with Crippen LogP contribution in [0.5, 0.6) is 28.7 Å². The highest BCUT2D eigenvalue weighted by Gasteiger charge is 2.32. The number of hydrogen-bond acceptors (Lipinski definition) is 8. The number of benzene rings is 2. The van der Waals surface area contributed by atoms with Crippen molar-refractivity contribution < 1.29 is 37.9 Å². The number of fused-ring (bicyclic) bond motifs is 2. The van der Waals surface area contributed by atoms with E-state index in [1.807, 2.05) is 12.1 Å². The minimum Gasteiger partial charge on any atom is -0.490 e. The molecule has 3 aliphatic heterocycles. The molecular formula is C20H20N2O8S. The Morgan fingerprint density at radius 2 is 1.74 bits per heavy atom. The van der Waals surface area contributed by atoms with E-state index < -0.39 is 16.9 Å². The lowest BCUT2D eigenvalue weighted by Crippen LogP contribution is -2.39. The maximum Gasteiger partial charge on any atom is 0.279 e. The molecule has 1 fully saturated rings. The van der Waals surface area contributed by atoms with E-state index >= 15 is 0 Å². The maximum atomic E-state index is 13.2. The first kappa shape index (κ1) is 19.9. The van der Waals surface area contributed by atoms with Gasteiger partial charge >= 0.3 is 0 Å². The molecule has 0 aliphatic carbocycles. The first-order valence-corrected chi connectivity index (χ1v) is 10.8. The van der Waals surface area contributed by atoms with Crippen LogP contribution in [0.15, 0.2) is 35.2 Å². The van der Waals surface area contributed by atoms with Gasteiger partial charge in [0.2, 0.25) is 13.6 Å². The van der Waals surface area contributed by atoms with Crippen LogP contribution >= 0.6 is 0 Å². The molecule has 0 aromatic heterocycles. The highest BCUT2D eigenvalue weighted by Crippen LogP contribution is 2.39. The predicted molar refractivity (Wildman–Crippen MR) is 106 cm³/mol. The van der Waals surface area contributed by atoms with Gasteiger partial charge in [0.05, 0.1) is 4.90 Å². The average molecular weight is 448 g/mol. The van der Waals surface area contributed by atoms with Gasteiger partial charge in [-0.1, -0.05) is 0 Å². The van der Waals surface area contributed by atoms with Crippen molar-refractivity contribution in [3.63, 3.8) is 0 Å². The minimum absolute atomic E-state index is 0.00886. The summed E-state index contributed by atoms with van der Waals surface area (Å²) in [7, 11) is -1.62. The summed E-state index contributed by atoms with van der Waals surface area (Å²) in [6.07, 6.45) is 1.28. The number of carbonyl (C=O) groups excluding carboxylic acids is 1. The molecule has 1 atom stereocenters. The summed E-state index contributed by atoms with van der Waals surface area (Å²) in [5, 5.41) is 9.13. The Kier molecular flexibility index (Phi) is 5.30. The lowest BCUT2D eigenvalue weighted by molar-refractivity contribution is 0.0698. The maximum absolute atomic E-state index is 13.2. The van der Waals surface area contributed by atoms with Crippen molar-refractivity contribution in [2.45, 2.75) is 23.8 Å². The summed E-state index contributed by atoms with van der Waals surface area (Å²) in [6, 6.07) is 8.63. The van der Waals surface area contributed by atoms with Gasteiger partial charge in [-0.15, -0.1) is 0 Å². The van der Waals surface area contributed by atoms with Crippen LogP contribution in [0, 0.1) is 0 Å². The Labute approximate surface area is 180 Å². The minimum atomic E-state index is -1.62.